The maximum absolute atomic E-state index is 13.1. The molecule has 164 valence electrons. The Bertz CT molecular complexity index is 1260. The topological polar surface area (TPSA) is 71.8 Å². The van der Waals surface area contributed by atoms with Crippen LogP contribution in [0.3, 0.4) is 0 Å². The van der Waals surface area contributed by atoms with Crippen molar-refractivity contribution in [2.75, 3.05) is 24.9 Å². The number of aryl methyl sites for hydroxylation is 1. The van der Waals surface area contributed by atoms with Crippen molar-refractivity contribution in [2.45, 2.75) is 24.7 Å². The Kier molecular flexibility index (Phi) is 5.66. The van der Waals surface area contributed by atoms with Crippen molar-refractivity contribution in [2.24, 2.45) is 5.92 Å². The average molecular weight is 461 g/mol. The lowest BCUT2D eigenvalue weighted by Gasteiger charge is -2.38. The van der Waals surface area contributed by atoms with Gasteiger partial charge in [-0.2, -0.15) is 0 Å². The molecule has 0 amide bonds. The summed E-state index contributed by atoms with van der Waals surface area (Å²) < 4.78 is 40.4. The molecule has 0 saturated carbocycles. The van der Waals surface area contributed by atoms with Gasteiger partial charge in [0.2, 0.25) is 0 Å². The summed E-state index contributed by atoms with van der Waals surface area (Å²) >= 11 is 0. The SMILES string of the molecule is COc1ccc(C)cc1S(=O)(=O)Nc1cccc2cc(C3=CN4CCC3CC4)oc12.Cl. The third-order valence-corrected chi connectivity index (χ3v) is 7.36. The molecule has 0 atom stereocenters. The van der Waals surface area contributed by atoms with Gasteiger partial charge in [0.25, 0.3) is 10.0 Å². The molecule has 1 fully saturated rings. The Labute approximate surface area is 188 Å². The molecular formula is C23H25ClN2O4S. The number of halogens is 1. The molecular weight excluding hydrogens is 436 g/mol. The van der Waals surface area contributed by atoms with Crippen molar-refractivity contribution in [1.82, 2.24) is 4.90 Å². The number of rotatable bonds is 5. The Morgan fingerprint density at radius 3 is 2.58 bits per heavy atom. The van der Waals surface area contributed by atoms with Crippen LogP contribution in [0.4, 0.5) is 5.69 Å². The van der Waals surface area contributed by atoms with Gasteiger partial charge >= 0.3 is 0 Å². The van der Waals surface area contributed by atoms with E-state index in [1.54, 1.807) is 18.2 Å². The minimum atomic E-state index is -3.85. The second-order valence-corrected chi connectivity index (χ2v) is 9.64. The zero-order valence-electron chi connectivity index (χ0n) is 17.4. The number of anilines is 1. The lowest BCUT2D eigenvalue weighted by Crippen LogP contribution is -2.35. The molecule has 0 aliphatic carbocycles. The zero-order valence-corrected chi connectivity index (χ0v) is 19.1. The predicted molar refractivity (Wildman–Crippen MR) is 124 cm³/mol. The van der Waals surface area contributed by atoms with Crippen LogP contribution in [0, 0.1) is 12.8 Å². The normalized spacial score (nSPS) is 16.2. The fraction of sp³-hybridized carbons (Fsp3) is 0.304. The Balaban J connectivity index is 0.00000231. The van der Waals surface area contributed by atoms with Gasteiger partial charge in [-0.1, -0.05) is 18.2 Å². The fourth-order valence-electron chi connectivity index (χ4n) is 4.39. The van der Waals surface area contributed by atoms with E-state index >= 15 is 0 Å². The van der Waals surface area contributed by atoms with Crippen molar-refractivity contribution in [3.63, 3.8) is 0 Å². The Hall–Kier alpha value is -2.64. The number of piperidine rings is 1. The second-order valence-electron chi connectivity index (χ2n) is 7.99. The third-order valence-electron chi connectivity index (χ3n) is 5.97. The first-order valence-electron chi connectivity index (χ1n) is 10.1. The van der Waals surface area contributed by atoms with E-state index in [1.807, 2.05) is 31.2 Å². The highest BCUT2D eigenvalue weighted by Crippen LogP contribution is 2.40. The van der Waals surface area contributed by atoms with Crippen molar-refractivity contribution in [3.05, 3.63) is 60.0 Å². The largest absolute Gasteiger partial charge is 0.495 e. The molecule has 3 aromatic rings. The van der Waals surface area contributed by atoms with Crippen LogP contribution in [0.5, 0.6) is 5.75 Å². The third kappa shape index (κ3) is 3.88. The molecule has 1 aromatic heterocycles. The Morgan fingerprint density at radius 1 is 1.13 bits per heavy atom. The highest BCUT2D eigenvalue weighted by Gasteiger charge is 2.30. The lowest BCUT2D eigenvalue weighted by atomic mass is 9.84. The quantitative estimate of drug-likeness (QED) is 0.577. The fourth-order valence-corrected chi connectivity index (χ4v) is 5.70. The molecule has 3 aliphatic heterocycles. The van der Waals surface area contributed by atoms with E-state index in [0.29, 0.717) is 22.9 Å². The summed E-state index contributed by atoms with van der Waals surface area (Å²) in [5.41, 5.74) is 3.01. The molecule has 8 heteroatoms. The maximum atomic E-state index is 13.1. The standard InChI is InChI=1S/C23H24N2O4S.ClH/c1-15-6-7-20(28-2)22(12-15)30(26,27)24-19-5-3-4-17-13-21(29-23(17)19)18-14-25-10-8-16(18)9-11-25;/h3-7,12-14,16,24H,8-11H2,1-2H3;1H. The van der Waals surface area contributed by atoms with E-state index in [0.717, 1.165) is 42.6 Å². The minimum absolute atomic E-state index is 0. The summed E-state index contributed by atoms with van der Waals surface area (Å²) in [6, 6.07) is 12.6. The van der Waals surface area contributed by atoms with Crippen molar-refractivity contribution >= 4 is 44.7 Å². The molecule has 6 rings (SSSR count). The van der Waals surface area contributed by atoms with E-state index in [-0.39, 0.29) is 17.3 Å². The van der Waals surface area contributed by atoms with Gasteiger partial charge in [0.1, 0.15) is 16.4 Å². The molecule has 4 heterocycles. The van der Waals surface area contributed by atoms with Crippen molar-refractivity contribution in [3.8, 4) is 5.75 Å². The molecule has 3 aliphatic rings. The Morgan fingerprint density at radius 2 is 1.90 bits per heavy atom. The van der Waals surface area contributed by atoms with Gasteiger partial charge in [-0.05, 0) is 55.5 Å². The number of furan rings is 1. The number of fused-ring (bicyclic) bond motifs is 3. The van der Waals surface area contributed by atoms with E-state index in [9.17, 15) is 8.42 Å². The number of sulfonamides is 1. The van der Waals surface area contributed by atoms with Crippen LogP contribution in [0.25, 0.3) is 16.5 Å². The first kappa shape index (κ1) is 21.6. The highest BCUT2D eigenvalue weighted by molar-refractivity contribution is 7.92. The average Bonchev–Trinajstić information content (AvgIpc) is 3.20. The predicted octanol–water partition coefficient (Wildman–Crippen LogP) is 5.04. The zero-order chi connectivity index (χ0) is 20.9. The monoisotopic (exact) mass is 460 g/mol. The number of para-hydroxylation sites is 1. The maximum Gasteiger partial charge on any atom is 0.265 e. The van der Waals surface area contributed by atoms with Crippen LogP contribution >= 0.6 is 12.4 Å². The first-order valence-corrected chi connectivity index (χ1v) is 11.6. The smallest absolute Gasteiger partial charge is 0.265 e. The molecule has 0 spiro atoms. The molecule has 6 nitrogen and oxygen atoms in total. The van der Waals surface area contributed by atoms with Gasteiger partial charge in [0, 0.05) is 30.2 Å². The van der Waals surface area contributed by atoms with E-state index in [2.05, 4.69) is 15.8 Å². The molecule has 1 saturated heterocycles. The number of nitrogens with zero attached hydrogens (tertiary/aromatic N) is 1. The van der Waals surface area contributed by atoms with E-state index in [4.69, 9.17) is 9.15 Å². The van der Waals surface area contributed by atoms with Crippen LogP contribution < -0.4 is 9.46 Å². The van der Waals surface area contributed by atoms with Gasteiger partial charge in [-0.25, -0.2) is 8.42 Å². The van der Waals surface area contributed by atoms with Gasteiger partial charge in [-0.3, -0.25) is 4.72 Å². The molecule has 0 radical (unpaired) electrons. The summed E-state index contributed by atoms with van der Waals surface area (Å²) in [6.07, 6.45) is 4.46. The van der Waals surface area contributed by atoms with Crippen molar-refractivity contribution in [1.29, 1.82) is 0 Å². The molecule has 31 heavy (non-hydrogen) atoms. The number of allylic oxidation sites excluding steroid dienone is 1. The van der Waals surface area contributed by atoms with Gasteiger partial charge < -0.3 is 14.1 Å². The molecule has 0 unspecified atom stereocenters. The molecule has 2 aromatic carbocycles. The van der Waals surface area contributed by atoms with Crippen LogP contribution in [-0.2, 0) is 10.0 Å². The van der Waals surface area contributed by atoms with E-state index in [1.165, 1.54) is 12.7 Å². The number of hydrogen-bond donors (Lipinski definition) is 1. The number of methoxy groups -OCH3 is 1. The minimum Gasteiger partial charge on any atom is -0.495 e. The van der Waals surface area contributed by atoms with Crippen LogP contribution in [0.2, 0.25) is 0 Å². The number of nitrogens with one attached hydrogen (secondary N) is 1. The summed E-state index contributed by atoms with van der Waals surface area (Å²) in [4.78, 5) is 2.43. The number of benzene rings is 2. The second kappa shape index (κ2) is 8.13. The summed E-state index contributed by atoms with van der Waals surface area (Å²) in [5, 5.41) is 0.874. The molecule has 1 N–H and O–H groups in total. The van der Waals surface area contributed by atoms with Crippen molar-refractivity contribution < 1.29 is 17.6 Å². The highest BCUT2D eigenvalue weighted by atomic mass is 35.5. The van der Waals surface area contributed by atoms with Crippen LogP contribution in [0.1, 0.15) is 24.2 Å². The van der Waals surface area contributed by atoms with E-state index < -0.39 is 10.0 Å². The van der Waals surface area contributed by atoms with Gasteiger partial charge in [-0.15, -0.1) is 12.4 Å². The molecule has 2 bridgehead atoms. The summed E-state index contributed by atoms with van der Waals surface area (Å²) in [7, 11) is -2.39. The number of ether oxygens (including phenoxy) is 1. The summed E-state index contributed by atoms with van der Waals surface area (Å²) in [5.74, 6) is 1.63. The lowest BCUT2D eigenvalue weighted by molar-refractivity contribution is 0.250. The van der Waals surface area contributed by atoms with Crippen LogP contribution in [0.15, 0.2) is 58.0 Å². The number of hydrogen-bond acceptors (Lipinski definition) is 5. The van der Waals surface area contributed by atoms with Gasteiger partial charge in [0.05, 0.1) is 12.8 Å². The summed E-state index contributed by atoms with van der Waals surface area (Å²) in [6.45, 7) is 4.04. The van der Waals surface area contributed by atoms with Gasteiger partial charge in [0.15, 0.2) is 5.58 Å². The first-order chi connectivity index (χ1) is 14.4. The van der Waals surface area contributed by atoms with Crippen LogP contribution in [-0.4, -0.2) is 33.5 Å².